The number of nitrogens with two attached hydrogens (primary N) is 1. The highest BCUT2D eigenvalue weighted by Crippen LogP contribution is 2.44. The van der Waals surface area contributed by atoms with Gasteiger partial charge in [0, 0.05) is 12.5 Å². The van der Waals surface area contributed by atoms with Crippen molar-refractivity contribution in [2.45, 2.75) is 31.2 Å². The van der Waals surface area contributed by atoms with Crippen LogP contribution in [-0.2, 0) is 4.79 Å². The number of hydrazone groups is 1. The third kappa shape index (κ3) is 4.35. The summed E-state index contributed by atoms with van der Waals surface area (Å²) >= 11 is 0. The molecule has 1 aromatic rings. The maximum absolute atomic E-state index is 10.5. The molecule has 1 fully saturated rings. The van der Waals surface area contributed by atoms with Gasteiger partial charge in [-0.15, -0.1) is 12.4 Å². The normalized spacial score (nSPS) is 20.1. The van der Waals surface area contributed by atoms with Gasteiger partial charge in [0.2, 0.25) is 0 Å². The van der Waals surface area contributed by atoms with E-state index < -0.39 is 0 Å². The van der Waals surface area contributed by atoms with Crippen LogP contribution in [0.4, 0.5) is 0 Å². The van der Waals surface area contributed by atoms with Crippen LogP contribution in [0.15, 0.2) is 35.4 Å². The molecule has 2 atom stereocenters. The molecular weight excluding hydrogens is 262 g/mol. The molecule has 5 heteroatoms. The van der Waals surface area contributed by atoms with Crippen molar-refractivity contribution >= 4 is 18.5 Å². The van der Waals surface area contributed by atoms with E-state index in [1.165, 1.54) is 5.56 Å². The lowest BCUT2D eigenvalue weighted by atomic mass is 10.1. The average molecular weight is 282 g/mol. The zero-order valence-electron chi connectivity index (χ0n) is 10.9. The predicted molar refractivity (Wildman–Crippen MR) is 78.0 cm³/mol. The highest BCUT2D eigenvalue weighted by Gasteiger charge is 2.42. The van der Waals surface area contributed by atoms with Crippen molar-refractivity contribution in [3.05, 3.63) is 35.9 Å². The number of hydrogen-bond donors (Lipinski definition) is 1. The summed E-state index contributed by atoms with van der Waals surface area (Å²) in [5.41, 5.74) is 6.80. The topological polar surface area (TPSA) is 58.7 Å². The summed E-state index contributed by atoms with van der Waals surface area (Å²) in [6, 6.07) is 10.7. The Kier molecular flexibility index (Phi) is 6.57. The lowest BCUT2D eigenvalue weighted by Crippen LogP contribution is -2.23. The maximum Gasteiger partial charge on any atom is 0.258 e. The van der Waals surface area contributed by atoms with Crippen molar-refractivity contribution in [3.8, 4) is 0 Å². The van der Waals surface area contributed by atoms with Crippen molar-refractivity contribution in [1.29, 1.82) is 0 Å². The van der Waals surface area contributed by atoms with Crippen molar-refractivity contribution in [1.82, 2.24) is 5.01 Å². The van der Waals surface area contributed by atoms with Crippen molar-refractivity contribution < 1.29 is 4.79 Å². The van der Waals surface area contributed by atoms with Gasteiger partial charge in [0.05, 0.1) is 6.04 Å². The van der Waals surface area contributed by atoms with Gasteiger partial charge in [0.1, 0.15) is 0 Å². The summed E-state index contributed by atoms with van der Waals surface area (Å²) in [6.07, 6.45) is 4.66. The lowest BCUT2D eigenvalue weighted by molar-refractivity contribution is 0.265. The second-order valence-electron chi connectivity index (χ2n) is 4.67. The Balaban J connectivity index is 0.00000180. The molecule has 1 aliphatic rings. The average Bonchev–Trinajstić information content (AvgIpc) is 3.19. The molecule has 2 unspecified atom stereocenters. The second kappa shape index (κ2) is 7.95. The Morgan fingerprint density at radius 3 is 2.68 bits per heavy atom. The summed E-state index contributed by atoms with van der Waals surface area (Å²) in [5.74, 6) is 0.501. The van der Waals surface area contributed by atoms with Gasteiger partial charge >= 0.3 is 0 Å². The minimum absolute atomic E-state index is 0. The van der Waals surface area contributed by atoms with Crippen molar-refractivity contribution in [2.75, 3.05) is 13.1 Å². The Morgan fingerprint density at radius 2 is 2.05 bits per heavy atom. The van der Waals surface area contributed by atoms with Gasteiger partial charge in [0.25, 0.3) is 6.08 Å². The highest BCUT2D eigenvalue weighted by molar-refractivity contribution is 5.85. The van der Waals surface area contributed by atoms with Crippen molar-refractivity contribution in [2.24, 2.45) is 10.8 Å². The summed E-state index contributed by atoms with van der Waals surface area (Å²) in [6.45, 7) is 1.48. The first-order chi connectivity index (χ1) is 8.86. The van der Waals surface area contributed by atoms with Gasteiger partial charge in [-0.05, 0) is 31.4 Å². The molecule has 0 aromatic heterocycles. The van der Waals surface area contributed by atoms with Gasteiger partial charge in [-0.1, -0.05) is 35.4 Å². The minimum atomic E-state index is 0. The number of hydrogen-bond acceptors (Lipinski definition) is 4. The summed E-state index contributed by atoms with van der Waals surface area (Å²) in [7, 11) is 0. The number of rotatable bonds is 7. The molecule has 0 heterocycles. The molecule has 0 aliphatic heterocycles. The number of halogens is 1. The molecule has 4 nitrogen and oxygen atoms in total. The number of unbranched alkanes of at least 4 members (excludes halogenated alkanes) is 1. The second-order valence-corrected chi connectivity index (χ2v) is 4.67. The third-order valence-electron chi connectivity index (χ3n) is 3.38. The Hall–Kier alpha value is -1.35. The number of carbonyl (C=O) groups excluding carboxylic acids is 1. The van der Waals surface area contributed by atoms with Gasteiger partial charge in [-0.2, -0.15) is 0 Å². The molecule has 1 aliphatic carbocycles. The Bertz CT molecular complexity index is 420. The molecule has 0 radical (unpaired) electrons. The molecular formula is C14H20ClN3O. The van der Waals surface area contributed by atoms with Crippen LogP contribution in [0, 0.1) is 0 Å². The molecule has 1 aromatic carbocycles. The smallest absolute Gasteiger partial charge is 0.258 e. The minimum Gasteiger partial charge on any atom is -0.330 e. The van der Waals surface area contributed by atoms with Gasteiger partial charge in [-0.25, -0.2) is 4.79 Å². The van der Waals surface area contributed by atoms with E-state index in [-0.39, 0.29) is 12.4 Å². The zero-order chi connectivity index (χ0) is 12.8. The van der Waals surface area contributed by atoms with Crippen LogP contribution in [0.3, 0.4) is 0 Å². The Labute approximate surface area is 120 Å². The van der Waals surface area contributed by atoms with Crippen LogP contribution in [0.25, 0.3) is 0 Å². The first-order valence-corrected chi connectivity index (χ1v) is 6.46. The van der Waals surface area contributed by atoms with Crippen LogP contribution in [0.1, 0.15) is 30.7 Å². The summed E-state index contributed by atoms with van der Waals surface area (Å²) < 4.78 is 0. The fourth-order valence-electron chi connectivity index (χ4n) is 2.33. The molecule has 1 saturated carbocycles. The first-order valence-electron chi connectivity index (χ1n) is 6.46. The van der Waals surface area contributed by atoms with E-state index >= 15 is 0 Å². The summed E-state index contributed by atoms with van der Waals surface area (Å²) in [4.78, 5) is 10.5. The SMILES string of the molecule is Cl.NCCCCN(N=C=O)C1CC1c1ccccc1. The predicted octanol–water partition coefficient (Wildman–Crippen LogP) is 2.26. The molecule has 19 heavy (non-hydrogen) atoms. The van der Waals surface area contributed by atoms with Crippen LogP contribution < -0.4 is 5.73 Å². The largest absolute Gasteiger partial charge is 0.330 e. The quantitative estimate of drug-likeness (QED) is 0.361. The van der Waals surface area contributed by atoms with Gasteiger partial charge in [-0.3, -0.25) is 5.01 Å². The van der Waals surface area contributed by atoms with E-state index in [2.05, 4.69) is 17.2 Å². The fraction of sp³-hybridized carbons (Fsp3) is 0.500. The molecule has 0 spiro atoms. The lowest BCUT2D eigenvalue weighted by Gasteiger charge is -2.17. The van der Waals surface area contributed by atoms with Crippen LogP contribution in [-0.4, -0.2) is 30.2 Å². The van der Waals surface area contributed by atoms with E-state index in [4.69, 9.17) is 5.73 Å². The monoisotopic (exact) mass is 281 g/mol. The number of isocyanates is 1. The summed E-state index contributed by atoms with van der Waals surface area (Å²) in [5, 5.41) is 5.70. The van der Waals surface area contributed by atoms with E-state index in [0.29, 0.717) is 18.5 Å². The van der Waals surface area contributed by atoms with Gasteiger partial charge < -0.3 is 5.73 Å². The first kappa shape index (κ1) is 15.7. The van der Waals surface area contributed by atoms with Crippen LogP contribution >= 0.6 is 12.4 Å². The van der Waals surface area contributed by atoms with Crippen LogP contribution in [0.5, 0.6) is 0 Å². The number of benzene rings is 1. The molecule has 2 N–H and O–H groups in total. The molecule has 0 saturated heterocycles. The zero-order valence-corrected chi connectivity index (χ0v) is 11.7. The molecule has 2 rings (SSSR count). The fourth-order valence-corrected chi connectivity index (χ4v) is 2.33. The Morgan fingerprint density at radius 1 is 1.32 bits per heavy atom. The van der Waals surface area contributed by atoms with E-state index in [1.807, 2.05) is 23.2 Å². The van der Waals surface area contributed by atoms with E-state index in [9.17, 15) is 4.79 Å². The standard InChI is InChI=1S/C14H19N3O.ClH/c15-8-4-5-9-17(16-11-18)14-10-13(14)12-6-2-1-3-7-12;/h1-3,6-7,13-14H,4-5,8-10,15H2;1H. The molecule has 0 amide bonds. The third-order valence-corrected chi connectivity index (χ3v) is 3.38. The highest BCUT2D eigenvalue weighted by atomic mass is 35.5. The van der Waals surface area contributed by atoms with E-state index in [0.717, 1.165) is 25.8 Å². The van der Waals surface area contributed by atoms with Gasteiger partial charge in [0.15, 0.2) is 0 Å². The van der Waals surface area contributed by atoms with Crippen LogP contribution in [0.2, 0.25) is 0 Å². The van der Waals surface area contributed by atoms with Crippen molar-refractivity contribution in [3.63, 3.8) is 0 Å². The maximum atomic E-state index is 10.5. The van der Waals surface area contributed by atoms with E-state index in [1.54, 1.807) is 6.08 Å². The number of nitrogens with zero attached hydrogens (tertiary/aromatic N) is 2. The molecule has 104 valence electrons. The molecule has 0 bridgehead atoms.